The maximum Gasteiger partial charge on any atom is 0.317 e. The molecule has 2 aliphatic heterocycles. The van der Waals surface area contributed by atoms with Crippen LogP contribution >= 0.6 is 0 Å². The number of para-hydroxylation sites is 1. The molecule has 0 saturated carbocycles. The van der Waals surface area contributed by atoms with Crippen molar-refractivity contribution in [3.05, 3.63) is 102 Å². The maximum atomic E-state index is 13.6. The van der Waals surface area contributed by atoms with Crippen molar-refractivity contribution in [2.24, 2.45) is 5.92 Å². The first-order chi connectivity index (χ1) is 14.9. The van der Waals surface area contributed by atoms with Crippen LogP contribution in [-0.4, -0.2) is 25.2 Å². The first-order valence-electron chi connectivity index (χ1n) is 10.1. The average molecular weight is 432 g/mol. The topological polar surface area (TPSA) is 63.7 Å². The summed E-state index contributed by atoms with van der Waals surface area (Å²) in [6, 6.07) is 23.6. The van der Waals surface area contributed by atoms with E-state index in [1.165, 1.54) is 4.31 Å². The molecule has 3 aromatic carbocycles. The number of hydrogen-bond donors (Lipinski definition) is 0. The molecule has 0 N–H and O–H groups in total. The average Bonchev–Trinajstić information content (AvgIpc) is 2.79. The summed E-state index contributed by atoms with van der Waals surface area (Å²) in [6.07, 6.45) is 1.90. The zero-order valence-electron chi connectivity index (χ0n) is 16.9. The minimum Gasteiger partial charge on any atom is -0.426 e. The zero-order chi connectivity index (χ0) is 21.6. The summed E-state index contributed by atoms with van der Waals surface area (Å²) in [5, 5.41) is 0. The molecule has 0 saturated heterocycles. The quantitative estimate of drug-likeness (QED) is 0.457. The molecule has 0 fully saturated rings. The number of sulfonamides is 1. The minimum atomic E-state index is -3.87. The monoisotopic (exact) mass is 431 g/mol. The molecule has 31 heavy (non-hydrogen) atoms. The van der Waals surface area contributed by atoms with Gasteiger partial charge in [-0.15, -0.1) is 0 Å². The van der Waals surface area contributed by atoms with Gasteiger partial charge >= 0.3 is 5.97 Å². The third-order valence-electron chi connectivity index (χ3n) is 5.87. The molecule has 6 heteroatoms. The van der Waals surface area contributed by atoms with Crippen molar-refractivity contribution in [3.8, 4) is 5.75 Å². The Hall–Kier alpha value is -3.38. The first kappa shape index (κ1) is 19.6. The summed E-state index contributed by atoms with van der Waals surface area (Å²) < 4.78 is 34.2. The van der Waals surface area contributed by atoms with Crippen molar-refractivity contribution in [3.63, 3.8) is 0 Å². The highest BCUT2D eigenvalue weighted by molar-refractivity contribution is 7.89. The third-order valence-corrected chi connectivity index (χ3v) is 7.67. The lowest BCUT2D eigenvalue weighted by Gasteiger charge is -2.40. The molecule has 3 aromatic rings. The van der Waals surface area contributed by atoms with Crippen molar-refractivity contribution in [2.75, 3.05) is 6.54 Å². The van der Waals surface area contributed by atoms with Gasteiger partial charge in [-0.05, 0) is 30.7 Å². The number of carbonyl (C=O) groups excluding carboxylic acids is 1. The van der Waals surface area contributed by atoms with Crippen LogP contribution in [0.1, 0.15) is 22.6 Å². The highest BCUT2D eigenvalue weighted by Gasteiger charge is 2.44. The molecular formula is C25H21NO4S. The Bertz CT molecular complexity index is 1280. The second-order valence-corrected chi connectivity index (χ2v) is 9.72. The van der Waals surface area contributed by atoms with E-state index >= 15 is 0 Å². The standard InChI is InChI=1S/C25H21NO4S/c1-17-11-13-19(14-12-17)31(28,29)26-16-22-21(15-23(26)18-7-3-2-4-8-18)20-9-5-6-10-24(20)30-25(22)27/h2-15,21-22H,16H2,1H3/t21-,22-/m0/s1. The molecular weight excluding hydrogens is 410 g/mol. The van der Waals surface area contributed by atoms with Gasteiger partial charge in [-0.25, -0.2) is 8.42 Å². The Morgan fingerprint density at radius 1 is 0.903 bits per heavy atom. The number of hydrogen-bond acceptors (Lipinski definition) is 4. The van der Waals surface area contributed by atoms with Crippen LogP contribution in [0, 0.1) is 12.8 Å². The molecule has 156 valence electrons. The maximum absolute atomic E-state index is 13.6. The normalized spacial score (nSPS) is 20.4. The Labute approximate surface area is 181 Å². The van der Waals surface area contributed by atoms with Crippen LogP contribution in [-0.2, 0) is 14.8 Å². The molecule has 2 aliphatic rings. The van der Waals surface area contributed by atoms with Crippen molar-refractivity contribution in [1.82, 2.24) is 4.31 Å². The lowest BCUT2D eigenvalue weighted by atomic mass is 9.80. The van der Waals surface area contributed by atoms with Gasteiger partial charge < -0.3 is 4.74 Å². The van der Waals surface area contributed by atoms with E-state index in [4.69, 9.17) is 4.74 Å². The molecule has 0 spiro atoms. The highest BCUT2D eigenvalue weighted by atomic mass is 32.2. The van der Waals surface area contributed by atoms with E-state index in [-0.39, 0.29) is 17.4 Å². The number of fused-ring (bicyclic) bond motifs is 3. The largest absolute Gasteiger partial charge is 0.426 e. The summed E-state index contributed by atoms with van der Waals surface area (Å²) in [5.74, 6) is -0.733. The molecule has 0 aliphatic carbocycles. The lowest BCUT2D eigenvalue weighted by Crippen LogP contribution is -2.45. The third kappa shape index (κ3) is 3.33. The van der Waals surface area contributed by atoms with E-state index in [0.717, 1.165) is 16.7 Å². The van der Waals surface area contributed by atoms with Gasteiger partial charge in [0.2, 0.25) is 0 Å². The summed E-state index contributed by atoms with van der Waals surface area (Å²) in [5.41, 5.74) is 3.23. The predicted octanol–water partition coefficient (Wildman–Crippen LogP) is 4.36. The van der Waals surface area contributed by atoms with Gasteiger partial charge in [0.05, 0.1) is 16.5 Å². The molecule has 0 bridgehead atoms. The smallest absolute Gasteiger partial charge is 0.317 e. The minimum absolute atomic E-state index is 0.0226. The van der Waals surface area contributed by atoms with E-state index < -0.39 is 21.9 Å². The summed E-state index contributed by atoms with van der Waals surface area (Å²) in [6.45, 7) is 1.93. The van der Waals surface area contributed by atoms with E-state index in [2.05, 4.69) is 0 Å². The fraction of sp³-hybridized carbons (Fsp3) is 0.160. The number of esters is 1. The van der Waals surface area contributed by atoms with E-state index in [1.807, 2.05) is 61.5 Å². The number of carbonyl (C=O) groups is 1. The van der Waals surface area contributed by atoms with Gasteiger partial charge in [-0.1, -0.05) is 72.3 Å². The van der Waals surface area contributed by atoms with Gasteiger partial charge in [0.15, 0.2) is 0 Å². The summed E-state index contributed by atoms with van der Waals surface area (Å²) in [7, 11) is -3.87. The van der Waals surface area contributed by atoms with Crippen LogP contribution in [0.15, 0.2) is 89.8 Å². The molecule has 0 unspecified atom stereocenters. The van der Waals surface area contributed by atoms with Gasteiger partial charge in [-0.3, -0.25) is 9.10 Å². The van der Waals surface area contributed by atoms with Crippen LogP contribution in [0.25, 0.3) is 5.70 Å². The Morgan fingerprint density at radius 3 is 2.32 bits per heavy atom. The Kier molecular flexibility index (Phi) is 4.67. The van der Waals surface area contributed by atoms with Gasteiger partial charge in [0.25, 0.3) is 10.0 Å². The second kappa shape index (κ2) is 7.39. The number of benzene rings is 3. The van der Waals surface area contributed by atoms with Crippen molar-refractivity contribution in [2.45, 2.75) is 17.7 Å². The van der Waals surface area contributed by atoms with Crippen LogP contribution in [0.4, 0.5) is 0 Å². The van der Waals surface area contributed by atoms with Crippen molar-refractivity contribution in [1.29, 1.82) is 0 Å². The number of nitrogens with zero attached hydrogens (tertiary/aromatic N) is 1. The van der Waals surface area contributed by atoms with Gasteiger partial charge in [0.1, 0.15) is 5.75 Å². The fourth-order valence-electron chi connectivity index (χ4n) is 4.23. The van der Waals surface area contributed by atoms with Crippen LogP contribution in [0.3, 0.4) is 0 Å². The zero-order valence-corrected chi connectivity index (χ0v) is 17.7. The summed E-state index contributed by atoms with van der Waals surface area (Å²) in [4.78, 5) is 13.0. The van der Waals surface area contributed by atoms with Crippen molar-refractivity contribution >= 4 is 21.7 Å². The number of allylic oxidation sites excluding steroid dienone is 1. The second-order valence-electron chi connectivity index (χ2n) is 7.86. The van der Waals surface area contributed by atoms with Gasteiger partial charge in [-0.2, -0.15) is 0 Å². The molecule has 0 radical (unpaired) electrons. The van der Waals surface area contributed by atoms with Crippen molar-refractivity contribution < 1.29 is 17.9 Å². The highest BCUT2D eigenvalue weighted by Crippen LogP contribution is 2.45. The molecule has 5 rings (SSSR count). The van der Waals surface area contributed by atoms with Crippen LogP contribution < -0.4 is 4.74 Å². The summed E-state index contributed by atoms with van der Waals surface area (Å²) >= 11 is 0. The molecule has 0 amide bonds. The Morgan fingerprint density at radius 2 is 1.58 bits per heavy atom. The Balaban J connectivity index is 1.69. The van der Waals surface area contributed by atoms with Crippen LogP contribution in [0.2, 0.25) is 0 Å². The van der Waals surface area contributed by atoms with Crippen LogP contribution in [0.5, 0.6) is 5.75 Å². The number of aryl methyl sites for hydroxylation is 1. The SMILES string of the molecule is Cc1ccc(S(=O)(=O)N2C[C@@H]3C(=O)Oc4ccccc4[C@@H]3C=C2c2ccccc2)cc1. The number of ether oxygens (including phenoxy) is 1. The van der Waals surface area contributed by atoms with Gasteiger partial charge in [0, 0.05) is 18.0 Å². The molecule has 2 heterocycles. The van der Waals surface area contributed by atoms with E-state index in [9.17, 15) is 13.2 Å². The predicted molar refractivity (Wildman–Crippen MR) is 118 cm³/mol. The number of rotatable bonds is 3. The van der Waals surface area contributed by atoms with E-state index in [1.54, 1.807) is 30.3 Å². The lowest BCUT2D eigenvalue weighted by molar-refractivity contribution is -0.141. The first-order valence-corrected chi connectivity index (χ1v) is 11.6. The molecule has 0 aromatic heterocycles. The fourth-order valence-corrected chi connectivity index (χ4v) is 5.75. The van der Waals surface area contributed by atoms with E-state index in [0.29, 0.717) is 11.4 Å². The molecule has 5 nitrogen and oxygen atoms in total. The molecule has 2 atom stereocenters.